The minimum atomic E-state index is 0.275. The zero-order valence-corrected chi connectivity index (χ0v) is 10.7. The molecule has 2 N–H and O–H groups in total. The van der Waals surface area contributed by atoms with Crippen LogP contribution in [0.4, 0.5) is 0 Å². The van der Waals surface area contributed by atoms with Gasteiger partial charge in [-0.1, -0.05) is 19.1 Å². The topological polar surface area (TPSA) is 32.3 Å². The van der Waals surface area contributed by atoms with Gasteiger partial charge in [-0.2, -0.15) is 0 Å². The largest absolute Gasteiger partial charge is 0.396 e. The minimum absolute atomic E-state index is 0.275. The van der Waals surface area contributed by atoms with Crippen LogP contribution in [0, 0.1) is 23.7 Å². The Balaban J connectivity index is 1.84. The summed E-state index contributed by atoms with van der Waals surface area (Å²) < 4.78 is 0. The molecule has 6 atom stereocenters. The molecule has 2 aliphatic rings. The molecule has 2 bridgehead atoms. The van der Waals surface area contributed by atoms with Gasteiger partial charge in [-0.05, 0) is 50.4 Å². The number of hydrogen-bond donors (Lipinski definition) is 2. The molecule has 2 heteroatoms. The van der Waals surface area contributed by atoms with Crippen LogP contribution in [0.25, 0.3) is 0 Å². The highest BCUT2D eigenvalue weighted by Gasteiger charge is 2.38. The molecule has 0 amide bonds. The first kappa shape index (κ1) is 12.1. The highest BCUT2D eigenvalue weighted by atomic mass is 16.3. The maximum absolute atomic E-state index is 9.14. The van der Waals surface area contributed by atoms with Gasteiger partial charge < -0.3 is 10.4 Å². The van der Waals surface area contributed by atoms with Gasteiger partial charge in [0, 0.05) is 18.7 Å². The molecular formula is C14H25NO. The first-order valence-electron chi connectivity index (χ1n) is 6.67. The van der Waals surface area contributed by atoms with Gasteiger partial charge in [0.15, 0.2) is 0 Å². The average Bonchev–Trinajstić information content (AvgIpc) is 2.89. The Morgan fingerprint density at radius 2 is 2.00 bits per heavy atom. The average molecular weight is 223 g/mol. The van der Waals surface area contributed by atoms with Crippen LogP contribution in [0.5, 0.6) is 0 Å². The first-order chi connectivity index (χ1) is 7.61. The number of fused-ring (bicyclic) bond motifs is 2. The van der Waals surface area contributed by atoms with Crippen LogP contribution in [0.2, 0.25) is 0 Å². The Bertz CT molecular complexity index is 263. The predicted octanol–water partition coefficient (Wildman–Crippen LogP) is 2.19. The van der Waals surface area contributed by atoms with E-state index in [9.17, 15) is 0 Å². The number of rotatable bonds is 5. The Kier molecular flexibility index (Phi) is 3.70. The molecule has 16 heavy (non-hydrogen) atoms. The summed E-state index contributed by atoms with van der Waals surface area (Å²) >= 11 is 0. The quantitative estimate of drug-likeness (QED) is 0.700. The second-order valence-electron chi connectivity index (χ2n) is 5.85. The molecule has 2 aliphatic carbocycles. The van der Waals surface area contributed by atoms with E-state index in [1.807, 2.05) is 0 Å². The molecule has 6 unspecified atom stereocenters. The summed E-state index contributed by atoms with van der Waals surface area (Å²) in [5, 5.41) is 12.8. The van der Waals surface area contributed by atoms with Gasteiger partial charge in [0.1, 0.15) is 0 Å². The molecule has 0 aliphatic heterocycles. The van der Waals surface area contributed by atoms with Crippen molar-refractivity contribution in [3.05, 3.63) is 12.2 Å². The molecule has 0 spiro atoms. The van der Waals surface area contributed by atoms with Crippen LogP contribution >= 0.6 is 0 Å². The van der Waals surface area contributed by atoms with Gasteiger partial charge in [-0.15, -0.1) is 0 Å². The molecular weight excluding hydrogens is 198 g/mol. The van der Waals surface area contributed by atoms with E-state index in [-0.39, 0.29) is 6.61 Å². The third kappa shape index (κ3) is 2.33. The van der Waals surface area contributed by atoms with Gasteiger partial charge in [-0.3, -0.25) is 0 Å². The lowest BCUT2D eigenvalue weighted by atomic mass is 9.87. The van der Waals surface area contributed by atoms with E-state index in [4.69, 9.17) is 5.11 Å². The predicted molar refractivity (Wildman–Crippen MR) is 67.2 cm³/mol. The van der Waals surface area contributed by atoms with E-state index in [2.05, 4.69) is 38.2 Å². The number of nitrogens with one attached hydrogen (secondary N) is 1. The van der Waals surface area contributed by atoms with Crippen LogP contribution in [-0.4, -0.2) is 23.8 Å². The first-order valence-corrected chi connectivity index (χ1v) is 6.67. The van der Waals surface area contributed by atoms with E-state index < -0.39 is 0 Å². The Hall–Kier alpha value is -0.340. The standard InChI is InChI=1S/C14H25NO/c1-9(8-16)10(2)15-11(3)14-7-12-4-5-13(14)6-12/h4-5,9-16H,6-8H2,1-3H3. The summed E-state index contributed by atoms with van der Waals surface area (Å²) in [5.41, 5.74) is 0. The van der Waals surface area contributed by atoms with Crippen molar-refractivity contribution in [3.8, 4) is 0 Å². The molecule has 0 saturated heterocycles. The highest BCUT2D eigenvalue weighted by molar-refractivity contribution is 5.11. The third-order valence-corrected chi connectivity index (χ3v) is 4.64. The molecule has 0 heterocycles. The van der Waals surface area contributed by atoms with E-state index in [0.29, 0.717) is 18.0 Å². The summed E-state index contributed by atoms with van der Waals surface area (Å²) in [6, 6.07) is 0.979. The SMILES string of the molecule is CC(CO)C(C)NC(C)C1CC2C=CC1C2. The van der Waals surface area contributed by atoms with Crippen molar-refractivity contribution in [1.29, 1.82) is 0 Å². The van der Waals surface area contributed by atoms with Crippen LogP contribution in [0.15, 0.2) is 12.2 Å². The van der Waals surface area contributed by atoms with Crippen molar-refractivity contribution >= 4 is 0 Å². The normalized spacial score (nSPS) is 37.6. The second-order valence-corrected chi connectivity index (χ2v) is 5.85. The number of hydrogen-bond acceptors (Lipinski definition) is 2. The second kappa shape index (κ2) is 4.89. The third-order valence-electron chi connectivity index (χ3n) is 4.64. The zero-order chi connectivity index (χ0) is 11.7. The molecule has 2 rings (SSSR count). The van der Waals surface area contributed by atoms with Crippen molar-refractivity contribution in [3.63, 3.8) is 0 Å². The summed E-state index contributed by atoms with van der Waals surface area (Å²) in [5.74, 6) is 2.81. The maximum Gasteiger partial charge on any atom is 0.0471 e. The van der Waals surface area contributed by atoms with E-state index in [1.165, 1.54) is 12.8 Å². The van der Waals surface area contributed by atoms with Crippen LogP contribution in [0.3, 0.4) is 0 Å². The molecule has 0 aromatic heterocycles. The van der Waals surface area contributed by atoms with Gasteiger partial charge in [0.25, 0.3) is 0 Å². The summed E-state index contributed by atoms with van der Waals surface area (Å²) in [6.07, 6.45) is 7.54. The van der Waals surface area contributed by atoms with Crippen molar-refractivity contribution in [2.75, 3.05) is 6.61 Å². The van der Waals surface area contributed by atoms with Crippen LogP contribution in [0.1, 0.15) is 33.6 Å². The Morgan fingerprint density at radius 1 is 1.25 bits per heavy atom. The molecule has 0 aromatic rings. The van der Waals surface area contributed by atoms with Gasteiger partial charge >= 0.3 is 0 Å². The molecule has 92 valence electrons. The number of aliphatic hydroxyl groups is 1. The number of aliphatic hydroxyl groups excluding tert-OH is 1. The maximum atomic E-state index is 9.14. The summed E-state index contributed by atoms with van der Waals surface area (Å²) in [4.78, 5) is 0. The highest BCUT2D eigenvalue weighted by Crippen LogP contribution is 2.44. The molecule has 1 fully saturated rings. The molecule has 2 nitrogen and oxygen atoms in total. The van der Waals surface area contributed by atoms with Crippen molar-refractivity contribution < 1.29 is 5.11 Å². The van der Waals surface area contributed by atoms with E-state index >= 15 is 0 Å². The van der Waals surface area contributed by atoms with E-state index in [0.717, 1.165) is 17.8 Å². The Morgan fingerprint density at radius 3 is 2.50 bits per heavy atom. The number of allylic oxidation sites excluding steroid dienone is 2. The lowest BCUT2D eigenvalue weighted by Gasteiger charge is -2.31. The fraction of sp³-hybridized carbons (Fsp3) is 0.857. The fourth-order valence-corrected chi connectivity index (χ4v) is 3.26. The van der Waals surface area contributed by atoms with Gasteiger partial charge in [0.2, 0.25) is 0 Å². The van der Waals surface area contributed by atoms with E-state index in [1.54, 1.807) is 0 Å². The minimum Gasteiger partial charge on any atom is -0.396 e. The molecule has 1 saturated carbocycles. The van der Waals surface area contributed by atoms with Crippen molar-refractivity contribution in [1.82, 2.24) is 5.32 Å². The van der Waals surface area contributed by atoms with Crippen LogP contribution < -0.4 is 5.32 Å². The monoisotopic (exact) mass is 223 g/mol. The Labute approximate surface area is 99.1 Å². The summed E-state index contributed by atoms with van der Waals surface area (Å²) in [7, 11) is 0. The van der Waals surface area contributed by atoms with Crippen molar-refractivity contribution in [2.45, 2.75) is 45.7 Å². The van der Waals surface area contributed by atoms with Gasteiger partial charge in [0.05, 0.1) is 0 Å². The smallest absolute Gasteiger partial charge is 0.0471 e. The summed E-state index contributed by atoms with van der Waals surface area (Å²) in [6.45, 7) is 6.86. The lowest BCUT2D eigenvalue weighted by Crippen LogP contribution is -2.44. The fourth-order valence-electron chi connectivity index (χ4n) is 3.26. The van der Waals surface area contributed by atoms with Crippen molar-refractivity contribution in [2.24, 2.45) is 23.7 Å². The molecule has 0 aromatic carbocycles. The van der Waals surface area contributed by atoms with Crippen LogP contribution in [-0.2, 0) is 0 Å². The molecule has 0 radical (unpaired) electrons. The van der Waals surface area contributed by atoms with Gasteiger partial charge in [-0.25, -0.2) is 0 Å². The zero-order valence-electron chi connectivity index (χ0n) is 10.7. The lowest BCUT2D eigenvalue weighted by molar-refractivity contribution is 0.189.